The molecule has 4 aromatic rings. The molecule has 0 atom stereocenters. The molecule has 10 heteroatoms. The molecule has 0 unspecified atom stereocenters. The molecule has 168 valence electrons. The number of phenolic OH excluding ortho intramolecular Hbond substituents is 1. The molecule has 7 nitrogen and oxygen atoms in total. The normalized spacial score (nSPS) is 11.6. The Morgan fingerprint density at radius 3 is 2.61 bits per heavy atom. The largest absolute Gasteiger partial charge is 0.507 e. The number of aromatic hydroxyl groups is 1. The van der Waals surface area contributed by atoms with Crippen molar-refractivity contribution in [2.75, 3.05) is 11.8 Å². The van der Waals surface area contributed by atoms with Crippen LogP contribution in [0.4, 0.5) is 10.8 Å². The fraction of sp³-hybridized carbons (Fsp3) is 0.0435. The van der Waals surface area contributed by atoms with Crippen LogP contribution in [0.15, 0.2) is 82.0 Å². The lowest BCUT2D eigenvalue weighted by atomic mass is 10.1. The number of benzene rings is 3. The maximum atomic E-state index is 12.7. The predicted octanol–water partition coefficient (Wildman–Crippen LogP) is 5.73. The van der Waals surface area contributed by atoms with Crippen molar-refractivity contribution in [1.82, 2.24) is 4.98 Å². The molecule has 33 heavy (non-hydrogen) atoms. The first-order valence-electron chi connectivity index (χ1n) is 9.60. The zero-order chi connectivity index (χ0) is 23.4. The second kappa shape index (κ2) is 9.62. The van der Waals surface area contributed by atoms with Crippen molar-refractivity contribution in [3.63, 3.8) is 0 Å². The smallest absolute Gasteiger partial charge is 0.262 e. The molecule has 0 fully saturated rings. The van der Waals surface area contributed by atoms with Crippen LogP contribution < -0.4 is 9.46 Å². The van der Waals surface area contributed by atoms with Gasteiger partial charge in [-0.05, 0) is 36.4 Å². The topological polar surface area (TPSA) is 101 Å². The van der Waals surface area contributed by atoms with E-state index in [1.165, 1.54) is 36.6 Å². The fourth-order valence-electron chi connectivity index (χ4n) is 2.91. The monoisotopic (exact) mass is 499 g/mol. The van der Waals surface area contributed by atoms with Gasteiger partial charge in [-0.15, -0.1) is 11.3 Å². The molecule has 0 saturated carbocycles. The number of nitrogens with one attached hydrogen (secondary N) is 1. The van der Waals surface area contributed by atoms with Gasteiger partial charge in [0.15, 0.2) is 0 Å². The molecule has 4 rings (SSSR count). The standard InChI is InChI=1S/C23H18ClN3O4S2/c1-31-22-12-18(10-11-19(22)24)33(29,30)27-17-8-6-15(7-9-17)20-14-32-23(26-20)25-13-16-4-2-3-5-21(16)28/h2-14,27-28H,1H3/b25-13-. The summed E-state index contributed by atoms with van der Waals surface area (Å²) in [7, 11) is -2.39. The van der Waals surface area contributed by atoms with Crippen molar-refractivity contribution in [3.05, 3.63) is 82.7 Å². The summed E-state index contributed by atoms with van der Waals surface area (Å²) < 4.78 is 33.0. The highest BCUT2D eigenvalue weighted by atomic mass is 35.5. The van der Waals surface area contributed by atoms with Gasteiger partial charge in [0.1, 0.15) is 11.5 Å². The van der Waals surface area contributed by atoms with E-state index in [2.05, 4.69) is 14.7 Å². The highest BCUT2D eigenvalue weighted by Crippen LogP contribution is 2.30. The molecule has 0 spiro atoms. The summed E-state index contributed by atoms with van der Waals surface area (Å²) >= 11 is 7.34. The van der Waals surface area contributed by atoms with Crippen LogP contribution in [0, 0.1) is 0 Å². The maximum absolute atomic E-state index is 12.7. The number of halogens is 1. The molecular formula is C23H18ClN3O4S2. The maximum Gasteiger partial charge on any atom is 0.262 e. The lowest BCUT2D eigenvalue weighted by Crippen LogP contribution is -2.13. The molecule has 0 aliphatic carbocycles. The number of para-hydroxylation sites is 1. The first kappa shape index (κ1) is 22.8. The van der Waals surface area contributed by atoms with Crippen LogP contribution in [-0.4, -0.2) is 31.8 Å². The molecule has 0 aliphatic rings. The van der Waals surface area contributed by atoms with E-state index in [-0.39, 0.29) is 16.4 Å². The number of ether oxygens (including phenoxy) is 1. The lowest BCUT2D eigenvalue weighted by molar-refractivity contribution is 0.413. The summed E-state index contributed by atoms with van der Waals surface area (Å²) in [6, 6.07) is 18.0. The highest BCUT2D eigenvalue weighted by Gasteiger charge is 2.16. The van der Waals surface area contributed by atoms with Crippen LogP contribution >= 0.6 is 22.9 Å². The number of thiazole rings is 1. The number of hydrogen-bond donors (Lipinski definition) is 2. The number of aliphatic imine (C=N–C) groups is 1. The Labute approximate surface area is 200 Å². The van der Waals surface area contributed by atoms with Crippen LogP contribution in [0.25, 0.3) is 11.3 Å². The van der Waals surface area contributed by atoms with Gasteiger partial charge in [0.2, 0.25) is 5.13 Å². The Morgan fingerprint density at radius 1 is 1.12 bits per heavy atom. The van der Waals surface area contributed by atoms with Crippen LogP contribution in [0.3, 0.4) is 0 Å². The summed E-state index contributed by atoms with van der Waals surface area (Å²) in [4.78, 5) is 8.83. The van der Waals surface area contributed by atoms with Crippen LogP contribution in [-0.2, 0) is 10.0 Å². The van der Waals surface area contributed by atoms with Crippen molar-refractivity contribution < 1.29 is 18.3 Å². The number of aromatic nitrogens is 1. The van der Waals surface area contributed by atoms with Gasteiger partial charge in [0, 0.05) is 34.5 Å². The van der Waals surface area contributed by atoms with E-state index in [0.29, 0.717) is 27.1 Å². The van der Waals surface area contributed by atoms with Gasteiger partial charge < -0.3 is 9.84 Å². The molecule has 1 aromatic heterocycles. The fourth-order valence-corrected chi connectivity index (χ4v) is 4.85. The first-order chi connectivity index (χ1) is 15.9. The summed E-state index contributed by atoms with van der Waals surface area (Å²) in [5.41, 5.74) is 2.53. The summed E-state index contributed by atoms with van der Waals surface area (Å²) in [6.45, 7) is 0. The second-order valence-corrected chi connectivity index (χ2v) is 9.74. The number of anilines is 1. The molecule has 0 bridgehead atoms. The van der Waals surface area contributed by atoms with Crippen molar-refractivity contribution in [3.8, 4) is 22.8 Å². The SMILES string of the molecule is COc1cc(S(=O)(=O)Nc2ccc(-c3csc(/N=C\c4ccccc4O)n3)cc2)ccc1Cl. The van der Waals surface area contributed by atoms with E-state index < -0.39 is 10.0 Å². The molecule has 2 N–H and O–H groups in total. The first-order valence-corrected chi connectivity index (χ1v) is 12.3. The molecular weight excluding hydrogens is 482 g/mol. The van der Waals surface area contributed by atoms with Gasteiger partial charge in [-0.3, -0.25) is 4.72 Å². The summed E-state index contributed by atoms with van der Waals surface area (Å²) in [5.74, 6) is 0.424. The average molecular weight is 500 g/mol. The molecule has 0 amide bonds. The minimum atomic E-state index is -3.82. The Hall–Kier alpha value is -3.40. The third-order valence-corrected chi connectivity index (χ3v) is 7.05. The Kier molecular flexibility index (Phi) is 6.64. The van der Waals surface area contributed by atoms with Crippen molar-refractivity contribution >= 4 is 50.0 Å². The Morgan fingerprint density at radius 2 is 1.88 bits per heavy atom. The molecule has 3 aromatic carbocycles. The zero-order valence-electron chi connectivity index (χ0n) is 17.3. The van der Waals surface area contributed by atoms with E-state index in [1.54, 1.807) is 48.7 Å². The van der Waals surface area contributed by atoms with Gasteiger partial charge >= 0.3 is 0 Å². The second-order valence-electron chi connectivity index (χ2n) is 6.81. The lowest BCUT2D eigenvalue weighted by Gasteiger charge is -2.10. The van der Waals surface area contributed by atoms with Crippen molar-refractivity contribution in [1.29, 1.82) is 0 Å². The minimum Gasteiger partial charge on any atom is -0.507 e. The van der Waals surface area contributed by atoms with E-state index in [1.807, 2.05) is 11.4 Å². The number of rotatable bonds is 7. The number of methoxy groups -OCH3 is 1. The average Bonchev–Trinajstić information content (AvgIpc) is 3.28. The molecule has 0 radical (unpaired) electrons. The molecule has 1 heterocycles. The Bertz CT molecular complexity index is 1420. The number of hydrogen-bond acceptors (Lipinski definition) is 7. The molecule has 0 saturated heterocycles. The number of sulfonamides is 1. The Balaban J connectivity index is 1.48. The van der Waals surface area contributed by atoms with Crippen LogP contribution in [0.5, 0.6) is 11.5 Å². The highest BCUT2D eigenvalue weighted by molar-refractivity contribution is 7.92. The van der Waals surface area contributed by atoms with Gasteiger partial charge in [-0.2, -0.15) is 0 Å². The number of nitrogens with zero attached hydrogens (tertiary/aromatic N) is 2. The summed E-state index contributed by atoms with van der Waals surface area (Å²) in [5, 5.41) is 12.5. The quantitative estimate of drug-likeness (QED) is 0.316. The van der Waals surface area contributed by atoms with Crippen LogP contribution in [0.1, 0.15) is 5.56 Å². The van der Waals surface area contributed by atoms with Crippen LogP contribution in [0.2, 0.25) is 5.02 Å². The van der Waals surface area contributed by atoms with Crippen molar-refractivity contribution in [2.24, 2.45) is 4.99 Å². The third-order valence-electron chi connectivity index (χ3n) is 4.61. The summed E-state index contributed by atoms with van der Waals surface area (Å²) in [6.07, 6.45) is 1.56. The van der Waals surface area contributed by atoms with Gasteiger partial charge in [0.25, 0.3) is 10.0 Å². The predicted molar refractivity (Wildman–Crippen MR) is 132 cm³/mol. The third kappa shape index (κ3) is 5.33. The van der Waals surface area contributed by atoms with Crippen molar-refractivity contribution in [2.45, 2.75) is 4.90 Å². The van der Waals surface area contributed by atoms with Gasteiger partial charge in [-0.1, -0.05) is 35.9 Å². The van der Waals surface area contributed by atoms with E-state index in [9.17, 15) is 13.5 Å². The van der Waals surface area contributed by atoms with Gasteiger partial charge in [0.05, 0.1) is 22.7 Å². The minimum absolute atomic E-state index is 0.0410. The molecule has 0 aliphatic heterocycles. The van der Waals surface area contributed by atoms with Gasteiger partial charge in [-0.25, -0.2) is 18.4 Å². The van der Waals surface area contributed by atoms with E-state index in [0.717, 1.165) is 5.56 Å². The van der Waals surface area contributed by atoms with E-state index >= 15 is 0 Å². The number of phenols is 1. The zero-order valence-corrected chi connectivity index (χ0v) is 19.7. The van der Waals surface area contributed by atoms with E-state index in [4.69, 9.17) is 16.3 Å².